The summed E-state index contributed by atoms with van der Waals surface area (Å²) in [5.41, 5.74) is 1.32. The van der Waals surface area contributed by atoms with Crippen LogP contribution >= 0.6 is 11.3 Å². The number of hydrogen-bond acceptors (Lipinski definition) is 6. The Hall–Kier alpha value is -1.96. The largest absolute Gasteiger partial charge is 0.497 e. The van der Waals surface area contributed by atoms with E-state index in [0.29, 0.717) is 5.13 Å². The van der Waals surface area contributed by atoms with Crippen LogP contribution in [0.2, 0.25) is 0 Å². The Bertz CT molecular complexity index is 682. The molecular formula is C19H26N4O2S. The van der Waals surface area contributed by atoms with Crippen LogP contribution < -0.4 is 10.1 Å². The zero-order valence-electron chi connectivity index (χ0n) is 15.4. The van der Waals surface area contributed by atoms with Crippen molar-refractivity contribution in [2.45, 2.75) is 19.4 Å². The number of piperazine rings is 1. The van der Waals surface area contributed by atoms with Gasteiger partial charge in [0, 0.05) is 44.3 Å². The highest BCUT2D eigenvalue weighted by Gasteiger charge is 2.25. The van der Waals surface area contributed by atoms with E-state index in [1.54, 1.807) is 13.3 Å². The molecule has 2 aromatic rings. The standard InChI is InChI=1S/C19H26N4O2S/c1-15(18(24)21-19-20-8-14-26-19)23-12-10-22(11-13-23)9-7-16-3-5-17(25-2)6-4-16/h3-6,8,14-15H,7,9-13H2,1-2H3,(H,20,21,24)/t15-/m1/s1. The van der Waals surface area contributed by atoms with E-state index in [0.717, 1.165) is 44.9 Å². The highest BCUT2D eigenvalue weighted by Crippen LogP contribution is 2.15. The zero-order chi connectivity index (χ0) is 18.4. The fourth-order valence-electron chi connectivity index (χ4n) is 3.11. The molecule has 7 heteroatoms. The molecule has 1 aliphatic heterocycles. The summed E-state index contributed by atoms with van der Waals surface area (Å²) in [4.78, 5) is 21.2. The lowest BCUT2D eigenvalue weighted by atomic mass is 10.1. The van der Waals surface area contributed by atoms with Gasteiger partial charge in [-0.15, -0.1) is 11.3 Å². The molecule has 0 bridgehead atoms. The Kier molecular flexibility index (Phi) is 6.60. The van der Waals surface area contributed by atoms with Crippen LogP contribution in [0.1, 0.15) is 12.5 Å². The predicted molar refractivity (Wildman–Crippen MR) is 105 cm³/mol. The number of ether oxygens (including phenoxy) is 1. The highest BCUT2D eigenvalue weighted by molar-refractivity contribution is 7.13. The van der Waals surface area contributed by atoms with Crippen LogP contribution in [0, 0.1) is 0 Å². The van der Waals surface area contributed by atoms with E-state index < -0.39 is 0 Å². The van der Waals surface area contributed by atoms with Crippen molar-refractivity contribution in [1.29, 1.82) is 0 Å². The van der Waals surface area contributed by atoms with Crippen LogP contribution in [0.3, 0.4) is 0 Å². The molecule has 1 N–H and O–H groups in total. The van der Waals surface area contributed by atoms with Crippen molar-refractivity contribution in [1.82, 2.24) is 14.8 Å². The molecule has 1 fully saturated rings. The van der Waals surface area contributed by atoms with Crippen LogP contribution in [-0.4, -0.2) is 66.6 Å². The summed E-state index contributed by atoms with van der Waals surface area (Å²) >= 11 is 1.44. The first-order valence-corrected chi connectivity index (χ1v) is 9.83. The van der Waals surface area contributed by atoms with Crippen LogP contribution in [0.4, 0.5) is 5.13 Å². The number of benzene rings is 1. The number of carbonyl (C=O) groups excluding carboxylic acids is 1. The van der Waals surface area contributed by atoms with Gasteiger partial charge in [0.2, 0.25) is 5.91 Å². The molecule has 0 unspecified atom stereocenters. The lowest BCUT2D eigenvalue weighted by Crippen LogP contribution is -2.53. The number of amides is 1. The van der Waals surface area contributed by atoms with E-state index in [4.69, 9.17) is 4.74 Å². The van der Waals surface area contributed by atoms with Gasteiger partial charge in [-0.3, -0.25) is 9.69 Å². The van der Waals surface area contributed by atoms with Crippen molar-refractivity contribution in [3.8, 4) is 5.75 Å². The maximum absolute atomic E-state index is 12.3. The number of rotatable bonds is 7. The van der Waals surface area contributed by atoms with Gasteiger partial charge in [-0.1, -0.05) is 12.1 Å². The molecule has 1 aromatic carbocycles. The first-order chi connectivity index (χ1) is 12.7. The molecule has 0 saturated carbocycles. The van der Waals surface area contributed by atoms with Gasteiger partial charge in [-0.25, -0.2) is 4.98 Å². The van der Waals surface area contributed by atoms with Crippen molar-refractivity contribution >= 4 is 22.4 Å². The molecule has 0 spiro atoms. The second-order valence-corrected chi connectivity index (χ2v) is 7.37. The molecule has 140 valence electrons. The average Bonchev–Trinajstić information content (AvgIpc) is 3.19. The van der Waals surface area contributed by atoms with Gasteiger partial charge in [-0.05, 0) is 31.0 Å². The van der Waals surface area contributed by atoms with Gasteiger partial charge in [0.05, 0.1) is 13.2 Å². The molecule has 3 rings (SSSR count). The Morgan fingerprint density at radius 3 is 2.62 bits per heavy atom. The van der Waals surface area contributed by atoms with Crippen LogP contribution in [0.25, 0.3) is 0 Å². The number of methoxy groups -OCH3 is 1. The third kappa shape index (κ3) is 5.03. The quantitative estimate of drug-likeness (QED) is 0.806. The maximum atomic E-state index is 12.3. The summed E-state index contributed by atoms with van der Waals surface area (Å²) < 4.78 is 5.20. The molecular weight excluding hydrogens is 348 g/mol. The van der Waals surface area contributed by atoms with Crippen LogP contribution in [-0.2, 0) is 11.2 Å². The summed E-state index contributed by atoms with van der Waals surface area (Å²) in [7, 11) is 1.69. The second kappa shape index (κ2) is 9.12. The van der Waals surface area contributed by atoms with Crippen molar-refractivity contribution in [3.05, 3.63) is 41.4 Å². The van der Waals surface area contributed by atoms with Crippen LogP contribution in [0.5, 0.6) is 5.75 Å². The fourth-order valence-corrected chi connectivity index (χ4v) is 3.65. The van der Waals surface area contributed by atoms with Gasteiger partial charge >= 0.3 is 0 Å². The Balaban J connectivity index is 1.41. The minimum Gasteiger partial charge on any atom is -0.497 e. The average molecular weight is 375 g/mol. The van der Waals surface area contributed by atoms with Gasteiger partial charge < -0.3 is 15.0 Å². The third-order valence-corrected chi connectivity index (χ3v) is 5.56. The molecule has 6 nitrogen and oxygen atoms in total. The normalized spacial score (nSPS) is 17.0. The molecule has 1 atom stereocenters. The van der Waals surface area contributed by atoms with Gasteiger partial charge in [-0.2, -0.15) is 0 Å². The number of hydrogen-bond donors (Lipinski definition) is 1. The summed E-state index contributed by atoms with van der Waals surface area (Å²) in [5, 5.41) is 5.42. The van der Waals surface area contributed by atoms with E-state index in [9.17, 15) is 4.79 Å². The molecule has 1 aromatic heterocycles. The minimum atomic E-state index is -0.136. The Labute approximate surface area is 158 Å². The van der Waals surface area contributed by atoms with Crippen LogP contribution in [0.15, 0.2) is 35.8 Å². The molecule has 26 heavy (non-hydrogen) atoms. The minimum absolute atomic E-state index is 0.0200. The molecule has 0 radical (unpaired) electrons. The number of carbonyl (C=O) groups is 1. The first kappa shape index (κ1) is 18.8. The van der Waals surface area contributed by atoms with Gasteiger partial charge in [0.15, 0.2) is 5.13 Å². The monoisotopic (exact) mass is 374 g/mol. The van der Waals surface area contributed by atoms with E-state index in [1.807, 2.05) is 24.4 Å². The van der Waals surface area contributed by atoms with Gasteiger partial charge in [0.25, 0.3) is 0 Å². The number of aromatic nitrogens is 1. The van der Waals surface area contributed by atoms with E-state index >= 15 is 0 Å². The van der Waals surface area contributed by atoms with E-state index in [2.05, 4.69) is 32.2 Å². The van der Waals surface area contributed by atoms with E-state index in [1.165, 1.54) is 16.9 Å². The molecule has 1 saturated heterocycles. The SMILES string of the molecule is COc1ccc(CCN2CCN([C@H](C)C(=O)Nc3nccs3)CC2)cc1. The van der Waals surface area contributed by atoms with E-state index in [-0.39, 0.29) is 11.9 Å². The predicted octanol–water partition coefficient (Wildman–Crippen LogP) is 2.34. The smallest absolute Gasteiger partial charge is 0.243 e. The fraction of sp³-hybridized carbons (Fsp3) is 0.474. The Morgan fingerprint density at radius 2 is 2.00 bits per heavy atom. The van der Waals surface area contributed by atoms with Crippen molar-refractivity contribution in [2.24, 2.45) is 0 Å². The molecule has 1 aliphatic rings. The Morgan fingerprint density at radius 1 is 1.27 bits per heavy atom. The second-order valence-electron chi connectivity index (χ2n) is 6.48. The topological polar surface area (TPSA) is 57.7 Å². The summed E-state index contributed by atoms with van der Waals surface area (Å²) in [6, 6.07) is 8.13. The molecule has 0 aliphatic carbocycles. The molecule has 2 heterocycles. The number of thiazole rings is 1. The zero-order valence-corrected chi connectivity index (χ0v) is 16.2. The molecule has 1 amide bonds. The lowest BCUT2D eigenvalue weighted by molar-refractivity contribution is -0.121. The first-order valence-electron chi connectivity index (χ1n) is 8.95. The van der Waals surface area contributed by atoms with Crippen molar-refractivity contribution in [3.63, 3.8) is 0 Å². The number of nitrogens with one attached hydrogen (secondary N) is 1. The number of nitrogens with zero attached hydrogens (tertiary/aromatic N) is 3. The third-order valence-electron chi connectivity index (χ3n) is 4.87. The number of anilines is 1. The maximum Gasteiger partial charge on any atom is 0.243 e. The van der Waals surface area contributed by atoms with Crippen molar-refractivity contribution < 1.29 is 9.53 Å². The summed E-state index contributed by atoms with van der Waals surface area (Å²) in [5.74, 6) is 0.916. The van der Waals surface area contributed by atoms with Gasteiger partial charge in [0.1, 0.15) is 5.75 Å². The summed E-state index contributed by atoms with van der Waals surface area (Å²) in [6.07, 6.45) is 2.73. The lowest BCUT2D eigenvalue weighted by Gasteiger charge is -2.37. The van der Waals surface area contributed by atoms with Crippen molar-refractivity contribution in [2.75, 3.05) is 45.2 Å². The highest BCUT2D eigenvalue weighted by atomic mass is 32.1. The summed E-state index contributed by atoms with van der Waals surface area (Å²) in [6.45, 7) is 6.82.